The van der Waals surface area contributed by atoms with E-state index in [2.05, 4.69) is 5.32 Å². The summed E-state index contributed by atoms with van der Waals surface area (Å²) >= 11 is 5.69. The van der Waals surface area contributed by atoms with Crippen molar-refractivity contribution in [3.8, 4) is 5.75 Å². The Hall–Kier alpha value is -0.800. The first-order valence-corrected chi connectivity index (χ1v) is 5.45. The Bertz CT molecular complexity index is 364. The molecule has 2 N–H and O–H groups in total. The van der Waals surface area contributed by atoms with Gasteiger partial charge in [0.05, 0.1) is 5.02 Å². The number of nitrogens with one attached hydrogen (secondary N) is 1. The van der Waals surface area contributed by atoms with E-state index in [0.29, 0.717) is 18.0 Å². The average molecular weight is 230 g/mol. The minimum atomic E-state index is -0.397. The van der Waals surface area contributed by atoms with Crippen LogP contribution in [0, 0.1) is 5.82 Å². The van der Waals surface area contributed by atoms with Gasteiger partial charge in [-0.25, -0.2) is 4.39 Å². The highest BCUT2D eigenvalue weighted by Crippen LogP contribution is 2.30. The highest BCUT2D eigenvalue weighted by atomic mass is 35.5. The molecule has 2 rings (SSSR count). The molecule has 1 saturated heterocycles. The van der Waals surface area contributed by atoms with Gasteiger partial charge in [0, 0.05) is 6.04 Å². The van der Waals surface area contributed by atoms with E-state index in [0.717, 1.165) is 25.5 Å². The van der Waals surface area contributed by atoms with E-state index in [1.165, 1.54) is 6.07 Å². The van der Waals surface area contributed by atoms with E-state index in [-0.39, 0.29) is 10.8 Å². The largest absolute Gasteiger partial charge is 0.506 e. The van der Waals surface area contributed by atoms with Gasteiger partial charge in [0.15, 0.2) is 0 Å². The Morgan fingerprint density at radius 3 is 3.00 bits per heavy atom. The zero-order valence-corrected chi connectivity index (χ0v) is 9.02. The van der Waals surface area contributed by atoms with Gasteiger partial charge in [-0.15, -0.1) is 0 Å². The third-order valence-corrected chi connectivity index (χ3v) is 3.02. The summed E-state index contributed by atoms with van der Waals surface area (Å²) in [6.07, 6.45) is 2.82. The number of phenols is 1. The summed E-state index contributed by atoms with van der Waals surface area (Å²) in [7, 11) is 0. The molecule has 0 saturated carbocycles. The summed E-state index contributed by atoms with van der Waals surface area (Å²) in [6.45, 7) is 0.995. The van der Waals surface area contributed by atoms with Crippen molar-refractivity contribution in [3.63, 3.8) is 0 Å². The molecule has 1 aliphatic rings. The van der Waals surface area contributed by atoms with E-state index in [1.54, 1.807) is 0 Å². The van der Waals surface area contributed by atoms with E-state index >= 15 is 0 Å². The fourth-order valence-corrected chi connectivity index (χ4v) is 2.20. The highest BCUT2D eigenvalue weighted by molar-refractivity contribution is 6.32. The molecule has 1 aromatic rings. The SMILES string of the molecule is Oc1c(Cl)cc(F)cc1CC1CCCN1. The van der Waals surface area contributed by atoms with Crippen LogP contribution in [-0.4, -0.2) is 17.7 Å². The zero-order valence-electron chi connectivity index (χ0n) is 8.26. The summed E-state index contributed by atoms with van der Waals surface area (Å²) in [6, 6.07) is 2.80. The van der Waals surface area contributed by atoms with Crippen LogP contribution in [0.25, 0.3) is 0 Å². The van der Waals surface area contributed by atoms with Gasteiger partial charge in [-0.3, -0.25) is 0 Å². The standard InChI is InChI=1S/C11H13ClFNO/c12-10-6-8(13)4-7(11(10)15)5-9-2-1-3-14-9/h4,6,9,14-15H,1-3,5H2. The first kappa shape index (κ1) is 10.7. The minimum absolute atomic E-state index is 0.00627. The Labute approximate surface area is 93.1 Å². The number of aromatic hydroxyl groups is 1. The average Bonchev–Trinajstić information content (AvgIpc) is 2.66. The summed E-state index contributed by atoms with van der Waals surface area (Å²) in [5.41, 5.74) is 0.583. The number of benzene rings is 1. The molecule has 0 aromatic heterocycles. The van der Waals surface area contributed by atoms with Crippen LogP contribution in [0.1, 0.15) is 18.4 Å². The second kappa shape index (κ2) is 4.37. The van der Waals surface area contributed by atoms with E-state index in [9.17, 15) is 9.50 Å². The van der Waals surface area contributed by atoms with Crippen molar-refractivity contribution in [2.24, 2.45) is 0 Å². The first-order valence-electron chi connectivity index (χ1n) is 5.07. The quantitative estimate of drug-likeness (QED) is 0.817. The molecule has 0 amide bonds. The van der Waals surface area contributed by atoms with E-state index < -0.39 is 5.82 Å². The van der Waals surface area contributed by atoms with Crippen LogP contribution in [0.5, 0.6) is 5.75 Å². The summed E-state index contributed by atoms with van der Waals surface area (Å²) in [5, 5.41) is 13.0. The smallest absolute Gasteiger partial charge is 0.137 e. The molecule has 4 heteroatoms. The minimum Gasteiger partial charge on any atom is -0.506 e. The van der Waals surface area contributed by atoms with Crippen molar-refractivity contribution in [2.75, 3.05) is 6.54 Å². The summed E-state index contributed by atoms with van der Waals surface area (Å²) in [4.78, 5) is 0. The predicted molar refractivity (Wildman–Crippen MR) is 57.8 cm³/mol. The second-order valence-electron chi connectivity index (χ2n) is 3.89. The number of rotatable bonds is 2. The fourth-order valence-electron chi connectivity index (χ4n) is 1.97. The molecule has 0 bridgehead atoms. The summed E-state index contributed by atoms with van der Waals surface area (Å²) < 4.78 is 13.1. The molecule has 0 aliphatic carbocycles. The van der Waals surface area contributed by atoms with Gasteiger partial charge in [-0.05, 0) is 43.5 Å². The second-order valence-corrected chi connectivity index (χ2v) is 4.30. The van der Waals surface area contributed by atoms with Crippen LogP contribution in [0.2, 0.25) is 5.02 Å². The van der Waals surface area contributed by atoms with Gasteiger partial charge >= 0.3 is 0 Å². The third kappa shape index (κ3) is 2.41. The summed E-state index contributed by atoms with van der Waals surface area (Å²) in [5.74, 6) is -0.391. The molecular weight excluding hydrogens is 217 g/mol. The lowest BCUT2D eigenvalue weighted by atomic mass is 10.0. The number of halogens is 2. The lowest BCUT2D eigenvalue weighted by Gasteiger charge is -2.12. The van der Waals surface area contributed by atoms with Gasteiger partial charge in [-0.2, -0.15) is 0 Å². The monoisotopic (exact) mass is 229 g/mol. The van der Waals surface area contributed by atoms with Gasteiger partial charge < -0.3 is 10.4 Å². The molecule has 82 valence electrons. The molecular formula is C11H13ClFNO. The van der Waals surface area contributed by atoms with Crippen LogP contribution < -0.4 is 5.32 Å². The lowest BCUT2D eigenvalue weighted by molar-refractivity contribution is 0.459. The molecule has 1 atom stereocenters. The van der Waals surface area contributed by atoms with Crippen molar-refractivity contribution in [3.05, 3.63) is 28.5 Å². The van der Waals surface area contributed by atoms with Crippen molar-refractivity contribution in [2.45, 2.75) is 25.3 Å². The van der Waals surface area contributed by atoms with Gasteiger partial charge in [-0.1, -0.05) is 11.6 Å². The van der Waals surface area contributed by atoms with Crippen LogP contribution in [-0.2, 0) is 6.42 Å². The van der Waals surface area contributed by atoms with Crippen molar-refractivity contribution >= 4 is 11.6 Å². The first-order chi connectivity index (χ1) is 7.16. The molecule has 1 unspecified atom stereocenters. The third-order valence-electron chi connectivity index (χ3n) is 2.74. The molecule has 1 aliphatic heterocycles. The number of phenolic OH excluding ortho intramolecular Hbond substituents is 1. The van der Waals surface area contributed by atoms with Crippen molar-refractivity contribution < 1.29 is 9.50 Å². The Balaban J connectivity index is 2.19. The Morgan fingerprint density at radius 1 is 1.53 bits per heavy atom. The molecule has 1 fully saturated rings. The van der Waals surface area contributed by atoms with Crippen LogP contribution in [0.3, 0.4) is 0 Å². The molecule has 0 spiro atoms. The maximum Gasteiger partial charge on any atom is 0.137 e. The van der Waals surface area contributed by atoms with Crippen molar-refractivity contribution in [1.82, 2.24) is 5.32 Å². The predicted octanol–water partition coefficient (Wildman–Crippen LogP) is 2.48. The lowest BCUT2D eigenvalue weighted by Crippen LogP contribution is -2.23. The Morgan fingerprint density at radius 2 is 2.33 bits per heavy atom. The fraction of sp³-hybridized carbons (Fsp3) is 0.455. The topological polar surface area (TPSA) is 32.3 Å². The van der Waals surface area contributed by atoms with Crippen LogP contribution in [0.15, 0.2) is 12.1 Å². The van der Waals surface area contributed by atoms with Gasteiger partial charge in [0.25, 0.3) is 0 Å². The van der Waals surface area contributed by atoms with E-state index in [1.807, 2.05) is 0 Å². The molecule has 0 radical (unpaired) electrons. The maximum absolute atomic E-state index is 13.1. The molecule has 1 heterocycles. The van der Waals surface area contributed by atoms with E-state index in [4.69, 9.17) is 11.6 Å². The highest BCUT2D eigenvalue weighted by Gasteiger charge is 2.17. The van der Waals surface area contributed by atoms with Gasteiger partial charge in [0.1, 0.15) is 11.6 Å². The number of hydrogen-bond donors (Lipinski definition) is 2. The Kier molecular flexibility index (Phi) is 3.12. The molecule has 2 nitrogen and oxygen atoms in total. The zero-order chi connectivity index (χ0) is 10.8. The molecule has 1 aromatic carbocycles. The number of hydrogen-bond acceptors (Lipinski definition) is 2. The van der Waals surface area contributed by atoms with Crippen molar-refractivity contribution in [1.29, 1.82) is 0 Å². The maximum atomic E-state index is 13.1. The normalized spacial score (nSPS) is 20.8. The molecule has 15 heavy (non-hydrogen) atoms. The van der Waals surface area contributed by atoms with Crippen LogP contribution in [0.4, 0.5) is 4.39 Å². The van der Waals surface area contributed by atoms with Crippen LogP contribution >= 0.6 is 11.6 Å². The van der Waals surface area contributed by atoms with Gasteiger partial charge in [0.2, 0.25) is 0 Å².